The lowest BCUT2D eigenvalue weighted by atomic mass is 10.1. The van der Waals surface area contributed by atoms with Crippen LogP contribution in [0.3, 0.4) is 0 Å². The van der Waals surface area contributed by atoms with Crippen LogP contribution in [0.4, 0.5) is 0 Å². The summed E-state index contributed by atoms with van der Waals surface area (Å²) in [5.41, 5.74) is 4.86. The van der Waals surface area contributed by atoms with Crippen LogP contribution < -0.4 is 0 Å². The van der Waals surface area contributed by atoms with Gasteiger partial charge in [0, 0.05) is 36.7 Å². The summed E-state index contributed by atoms with van der Waals surface area (Å²) in [5, 5.41) is 7.26. The Balaban J connectivity index is 1.88. The van der Waals surface area contributed by atoms with E-state index < -0.39 is 0 Å². The quantitative estimate of drug-likeness (QED) is 0.876. The Morgan fingerprint density at radius 1 is 1.33 bits per heavy atom. The van der Waals surface area contributed by atoms with Crippen LogP contribution in [-0.2, 0) is 13.0 Å². The molecule has 2 aromatic rings. The molecule has 0 fully saturated rings. The lowest BCUT2D eigenvalue weighted by Gasteiger charge is -2.16. The second-order valence-electron chi connectivity index (χ2n) is 4.76. The van der Waals surface area contributed by atoms with Gasteiger partial charge in [0.25, 0.3) is 0 Å². The molecule has 0 saturated carbocycles. The molecule has 0 spiro atoms. The monoisotopic (exact) mass is 244 g/mol. The fraction of sp³-hybridized carbons (Fsp3) is 0.429. The van der Waals surface area contributed by atoms with Crippen molar-refractivity contribution in [1.82, 2.24) is 20.1 Å². The topological polar surface area (TPSA) is 44.8 Å². The zero-order valence-corrected chi connectivity index (χ0v) is 11.3. The molecule has 0 aliphatic rings. The smallest absolute Gasteiger partial charge is 0.0639 e. The first-order valence-electron chi connectivity index (χ1n) is 6.24. The Labute approximate surface area is 108 Å². The van der Waals surface area contributed by atoms with E-state index in [1.54, 1.807) is 0 Å². The third-order valence-corrected chi connectivity index (χ3v) is 3.21. The summed E-state index contributed by atoms with van der Waals surface area (Å²) < 4.78 is 0. The molecule has 96 valence electrons. The molecule has 0 saturated heterocycles. The number of hydrogen-bond acceptors (Lipinski definition) is 3. The molecule has 1 N–H and O–H groups in total. The van der Waals surface area contributed by atoms with Crippen LogP contribution in [0.25, 0.3) is 0 Å². The van der Waals surface area contributed by atoms with Crippen LogP contribution >= 0.6 is 0 Å². The average molecular weight is 244 g/mol. The molecular formula is C14H20N4. The van der Waals surface area contributed by atoms with Gasteiger partial charge in [0.1, 0.15) is 0 Å². The van der Waals surface area contributed by atoms with Crippen molar-refractivity contribution in [3.8, 4) is 0 Å². The van der Waals surface area contributed by atoms with E-state index in [9.17, 15) is 0 Å². The molecular weight excluding hydrogens is 224 g/mol. The highest BCUT2D eigenvalue weighted by Crippen LogP contribution is 2.11. The van der Waals surface area contributed by atoms with E-state index in [1.807, 2.05) is 25.4 Å². The van der Waals surface area contributed by atoms with Gasteiger partial charge in [-0.1, -0.05) is 6.07 Å². The Morgan fingerprint density at radius 3 is 2.78 bits per heavy atom. The van der Waals surface area contributed by atoms with E-state index >= 15 is 0 Å². The van der Waals surface area contributed by atoms with E-state index in [4.69, 9.17) is 0 Å². The minimum absolute atomic E-state index is 0.939. The molecule has 0 amide bonds. The van der Waals surface area contributed by atoms with E-state index in [0.29, 0.717) is 0 Å². The molecule has 0 radical (unpaired) electrons. The van der Waals surface area contributed by atoms with Gasteiger partial charge in [0.15, 0.2) is 0 Å². The summed E-state index contributed by atoms with van der Waals surface area (Å²) >= 11 is 0. The molecule has 2 heterocycles. The van der Waals surface area contributed by atoms with Crippen molar-refractivity contribution in [3.05, 3.63) is 47.0 Å². The standard InChI is InChI=1S/C14H20N4/c1-11-14(12(2)17-16-11)10-18(3)8-6-13-5-4-7-15-9-13/h4-5,7,9H,6,8,10H2,1-3H3,(H,16,17). The molecule has 2 rings (SSSR count). The van der Waals surface area contributed by atoms with Crippen LogP contribution in [0.2, 0.25) is 0 Å². The number of rotatable bonds is 5. The molecule has 0 aliphatic heterocycles. The SMILES string of the molecule is Cc1n[nH]c(C)c1CN(C)CCc1cccnc1. The van der Waals surface area contributed by atoms with Gasteiger partial charge in [-0.2, -0.15) is 5.10 Å². The predicted octanol–water partition coefficient (Wildman–Crippen LogP) is 2.10. The Morgan fingerprint density at radius 2 is 2.17 bits per heavy atom. The van der Waals surface area contributed by atoms with Gasteiger partial charge in [-0.15, -0.1) is 0 Å². The third kappa shape index (κ3) is 3.17. The molecule has 4 nitrogen and oxygen atoms in total. The fourth-order valence-corrected chi connectivity index (χ4v) is 2.02. The van der Waals surface area contributed by atoms with Crippen LogP contribution in [0.5, 0.6) is 0 Å². The normalized spacial score (nSPS) is 11.1. The summed E-state index contributed by atoms with van der Waals surface area (Å²) in [5.74, 6) is 0. The maximum atomic E-state index is 4.23. The van der Waals surface area contributed by atoms with Crippen molar-refractivity contribution >= 4 is 0 Å². The van der Waals surface area contributed by atoms with Crippen LogP contribution in [0.1, 0.15) is 22.5 Å². The van der Waals surface area contributed by atoms with Crippen molar-refractivity contribution in [2.24, 2.45) is 0 Å². The number of pyridine rings is 1. The number of likely N-dealkylation sites (N-methyl/N-ethyl adjacent to an activating group) is 1. The number of hydrogen-bond donors (Lipinski definition) is 1. The van der Waals surface area contributed by atoms with Crippen molar-refractivity contribution in [1.29, 1.82) is 0 Å². The summed E-state index contributed by atoms with van der Waals surface area (Å²) in [6.45, 7) is 6.09. The number of aryl methyl sites for hydroxylation is 2. The molecule has 0 unspecified atom stereocenters. The first-order chi connectivity index (χ1) is 8.66. The van der Waals surface area contributed by atoms with E-state index in [2.05, 4.69) is 40.1 Å². The lowest BCUT2D eigenvalue weighted by Crippen LogP contribution is -2.21. The van der Waals surface area contributed by atoms with Crippen LogP contribution in [0.15, 0.2) is 24.5 Å². The minimum Gasteiger partial charge on any atom is -0.302 e. The van der Waals surface area contributed by atoms with Crippen molar-refractivity contribution in [2.45, 2.75) is 26.8 Å². The molecule has 18 heavy (non-hydrogen) atoms. The molecule has 4 heteroatoms. The largest absolute Gasteiger partial charge is 0.302 e. The van der Waals surface area contributed by atoms with E-state index in [-0.39, 0.29) is 0 Å². The van der Waals surface area contributed by atoms with E-state index in [1.165, 1.54) is 16.8 Å². The Hall–Kier alpha value is -1.68. The van der Waals surface area contributed by atoms with Gasteiger partial charge in [-0.25, -0.2) is 0 Å². The van der Waals surface area contributed by atoms with Gasteiger partial charge in [-0.3, -0.25) is 10.1 Å². The second kappa shape index (κ2) is 5.78. The highest BCUT2D eigenvalue weighted by molar-refractivity contribution is 5.22. The zero-order chi connectivity index (χ0) is 13.0. The first-order valence-corrected chi connectivity index (χ1v) is 6.24. The second-order valence-corrected chi connectivity index (χ2v) is 4.76. The number of nitrogens with zero attached hydrogens (tertiary/aromatic N) is 3. The van der Waals surface area contributed by atoms with Crippen LogP contribution in [0, 0.1) is 13.8 Å². The van der Waals surface area contributed by atoms with Gasteiger partial charge in [-0.05, 0) is 38.9 Å². The fourth-order valence-electron chi connectivity index (χ4n) is 2.02. The minimum atomic E-state index is 0.939. The Kier molecular flexibility index (Phi) is 4.10. The van der Waals surface area contributed by atoms with Gasteiger partial charge in [0.05, 0.1) is 5.69 Å². The number of H-pyrrole nitrogens is 1. The van der Waals surface area contributed by atoms with Gasteiger partial charge >= 0.3 is 0 Å². The highest BCUT2D eigenvalue weighted by Gasteiger charge is 2.09. The molecule has 2 aromatic heterocycles. The van der Waals surface area contributed by atoms with Crippen LogP contribution in [-0.4, -0.2) is 33.7 Å². The lowest BCUT2D eigenvalue weighted by molar-refractivity contribution is 0.330. The molecule has 0 aliphatic carbocycles. The predicted molar refractivity (Wildman–Crippen MR) is 72.3 cm³/mol. The first kappa shape index (κ1) is 12.8. The molecule has 0 bridgehead atoms. The maximum absolute atomic E-state index is 4.23. The summed E-state index contributed by atoms with van der Waals surface area (Å²) in [6.07, 6.45) is 4.77. The molecule has 0 aromatic carbocycles. The highest BCUT2D eigenvalue weighted by atomic mass is 15.1. The third-order valence-electron chi connectivity index (χ3n) is 3.21. The Bertz CT molecular complexity index is 470. The van der Waals surface area contributed by atoms with Crippen molar-refractivity contribution in [3.63, 3.8) is 0 Å². The van der Waals surface area contributed by atoms with Gasteiger partial charge in [0.2, 0.25) is 0 Å². The van der Waals surface area contributed by atoms with E-state index in [0.717, 1.165) is 25.2 Å². The number of aromatic amines is 1. The van der Waals surface area contributed by atoms with Crippen molar-refractivity contribution in [2.75, 3.05) is 13.6 Å². The maximum Gasteiger partial charge on any atom is 0.0639 e. The van der Waals surface area contributed by atoms with Gasteiger partial charge < -0.3 is 4.90 Å². The molecule has 0 atom stereocenters. The summed E-state index contributed by atoms with van der Waals surface area (Å²) in [6, 6.07) is 4.11. The number of aromatic nitrogens is 3. The average Bonchev–Trinajstić information content (AvgIpc) is 2.69. The number of nitrogens with one attached hydrogen (secondary N) is 1. The summed E-state index contributed by atoms with van der Waals surface area (Å²) in [4.78, 5) is 6.45. The van der Waals surface area contributed by atoms with Crippen molar-refractivity contribution < 1.29 is 0 Å². The zero-order valence-electron chi connectivity index (χ0n) is 11.3. The summed E-state index contributed by atoms with van der Waals surface area (Å²) in [7, 11) is 2.14.